The van der Waals surface area contributed by atoms with Gasteiger partial charge in [-0.3, -0.25) is 9.59 Å². The van der Waals surface area contributed by atoms with Crippen LogP contribution in [0.4, 0.5) is 11.4 Å². The van der Waals surface area contributed by atoms with Crippen LogP contribution >= 0.6 is 0 Å². The van der Waals surface area contributed by atoms with Crippen LogP contribution in [0.1, 0.15) is 22.8 Å². The van der Waals surface area contributed by atoms with Crippen LogP contribution in [-0.2, 0) is 4.79 Å². The van der Waals surface area contributed by atoms with Crippen molar-refractivity contribution >= 4 is 23.2 Å². The Morgan fingerprint density at radius 3 is 1.97 bits per heavy atom. The number of nitriles is 1. The molecular formula is C23H20N4O3. The van der Waals surface area contributed by atoms with Crippen LogP contribution in [0.3, 0.4) is 0 Å². The van der Waals surface area contributed by atoms with E-state index in [2.05, 4.69) is 16.7 Å². The fourth-order valence-electron chi connectivity index (χ4n) is 2.64. The van der Waals surface area contributed by atoms with Crippen molar-refractivity contribution < 1.29 is 14.3 Å². The van der Waals surface area contributed by atoms with Crippen LogP contribution in [0.2, 0.25) is 0 Å². The van der Waals surface area contributed by atoms with E-state index in [9.17, 15) is 9.59 Å². The molecule has 3 aromatic carbocycles. The van der Waals surface area contributed by atoms with Crippen LogP contribution in [0.25, 0.3) is 0 Å². The highest BCUT2D eigenvalue weighted by Gasteiger charge is 2.13. The lowest BCUT2D eigenvalue weighted by Gasteiger charge is -2.16. The van der Waals surface area contributed by atoms with Crippen LogP contribution in [-0.4, -0.2) is 17.9 Å². The molecule has 3 aromatic rings. The predicted octanol–water partition coefficient (Wildman–Crippen LogP) is 3.89. The zero-order valence-corrected chi connectivity index (χ0v) is 16.3. The molecule has 0 bridgehead atoms. The van der Waals surface area contributed by atoms with Gasteiger partial charge in [-0.1, -0.05) is 0 Å². The molecule has 2 amide bonds. The summed E-state index contributed by atoms with van der Waals surface area (Å²) in [5, 5.41) is 14.7. The highest BCUT2D eigenvalue weighted by Crippen LogP contribution is 2.23. The third kappa shape index (κ3) is 5.36. The second-order valence-corrected chi connectivity index (χ2v) is 6.56. The summed E-state index contributed by atoms with van der Waals surface area (Å²) in [4.78, 5) is 23.5. The molecule has 3 rings (SSSR count). The second-order valence-electron chi connectivity index (χ2n) is 6.56. The summed E-state index contributed by atoms with van der Waals surface area (Å²) >= 11 is 0. The van der Waals surface area contributed by atoms with Crippen molar-refractivity contribution in [2.24, 2.45) is 5.73 Å². The third-order valence-electron chi connectivity index (χ3n) is 4.29. The van der Waals surface area contributed by atoms with E-state index in [0.29, 0.717) is 28.3 Å². The Kier molecular flexibility index (Phi) is 6.30. The Bertz CT molecular complexity index is 1070. The molecule has 0 saturated carbocycles. The van der Waals surface area contributed by atoms with Gasteiger partial charge in [-0.05, 0) is 79.7 Å². The van der Waals surface area contributed by atoms with Crippen molar-refractivity contribution in [1.29, 1.82) is 5.26 Å². The molecule has 7 nitrogen and oxygen atoms in total. The van der Waals surface area contributed by atoms with Gasteiger partial charge in [-0.15, -0.1) is 0 Å². The quantitative estimate of drug-likeness (QED) is 0.556. The molecule has 0 spiro atoms. The molecule has 1 atom stereocenters. The standard InChI is InChI=1S/C23H20N4O3/c1-15(23(29)27-19-6-4-17(5-7-19)22(25)28)26-18-8-12-21(13-9-18)30-20-10-2-16(14-24)3-11-20/h2-13,15,26H,1H3,(H2,25,28)(H,27,29). The first-order valence-corrected chi connectivity index (χ1v) is 9.20. The lowest BCUT2D eigenvalue weighted by Crippen LogP contribution is -2.31. The van der Waals surface area contributed by atoms with E-state index in [1.807, 2.05) is 12.1 Å². The Hall–Kier alpha value is -4.31. The van der Waals surface area contributed by atoms with Gasteiger partial charge < -0.3 is 21.1 Å². The zero-order valence-electron chi connectivity index (χ0n) is 16.3. The number of nitrogens with one attached hydrogen (secondary N) is 2. The topological polar surface area (TPSA) is 117 Å². The van der Waals surface area contributed by atoms with Crippen molar-refractivity contribution in [1.82, 2.24) is 0 Å². The van der Waals surface area contributed by atoms with Gasteiger partial charge in [-0.2, -0.15) is 5.26 Å². The maximum absolute atomic E-state index is 12.4. The molecule has 0 saturated heterocycles. The molecule has 1 unspecified atom stereocenters. The first-order valence-electron chi connectivity index (χ1n) is 9.20. The normalized spacial score (nSPS) is 11.1. The third-order valence-corrected chi connectivity index (χ3v) is 4.29. The maximum Gasteiger partial charge on any atom is 0.248 e. The minimum atomic E-state index is -0.519. The number of rotatable bonds is 7. The second kappa shape index (κ2) is 9.26. The van der Waals surface area contributed by atoms with E-state index in [0.717, 1.165) is 5.69 Å². The lowest BCUT2D eigenvalue weighted by molar-refractivity contribution is -0.116. The molecule has 0 fully saturated rings. The van der Waals surface area contributed by atoms with Crippen molar-refractivity contribution in [3.05, 3.63) is 83.9 Å². The fraction of sp³-hybridized carbons (Fsp3) is 0.0870. The fourth-order valence-corrected chi connectivity index (χ4v) is 2.64. The average molecular weight is 400 g/mol. The molecule has 150 valence electrons. The maximum atomic E-state index is 12.4. The molecule has 4 N–H and O–H groups in total. The van der Waals surface area contributed by atoms with E-state index in [1.165, 1.54) is 0 Å². The number of hydrogen-bond donors (Lipinski definition) is 3. The molecule has 0 aliphatic carbocycles. The lowest BCUT2D eigenvalue weighted by atomic mass is 10.2. The van der Waals surface area contributed by atoms with E-state index in [4.69, 9.17) is 15.7 Å². The van der Waals surface area contributed by atoms with Crippen molar-refractivity contribution in [2.45, 2.75) is 13.0 Å². The summed E-state index contributed by atoms with van der Waals surface area (Å²) in [6.45, 7) is 1.74. The van der Waals surface area contributed by atoms with Gasteiger partial charge in [0.2, 0.25) is 11.8 Å². The number of hydrogen-bond acceptors (Lipinski definition) is 5. The average Bonchev–Trinajstić information content (AvgIpc) is 2.76. The monoisotopic (exact) mass is 400 g/mol. The zero-order chi connectivity index (χ0) is 21.5. The van der Waals surface area contributed by atoms with Crippen LogP contribution in [0.15, 0.2) is 72.8 Å². The molecule has 0 aliphatic rings. The van der Waals surface area contributed by atoms with Crippen molar-refractivity contribution in [2.75, 3.05) is 10.6 Å². The number of benzene rings is 3. The first-order chi connectivity index (χ1) is 14.4. The Labute approximate surface area is 174 Å². The SMILES string of the molecule is CC(Nc1ccc(Oc2ccc(C#N)cc2)cc1)C(=O)Nc1ccc(C(N)=O)cc1. The summed E-state index contributed by atoms with van der Waals surface area (Å²) in [5.74, 6) is 0.524. The van der Waals surface area contributed by atoms with Crippen LogP contribution < -0.4 is 21.1 Å². The largest absolute Gasteiger partial charge is 0.457 e. The van der Waals surface area contributed by atoms with Gasteiger partial charge in [0.05, 0.1) is 11.6 Å². The molecule has 0 aliphatic heterocycles. The van der Waals surface area contributed by atoms with E-state index < -0.39 is 11.9 Å². The van der Waals surface area contributed by atoms with Crippen molar-refractivity contribution in [3.63, 3.8) is 0 Å². The molecule has 30 heavy (non-hydrogen) atoms. The number of amides is 2. The number of anilines is 2. The summed E-state index contributed by atoms with van der Waals surface area (Å²) in [5.41, 5.74) is 7.48. The van der Waals surface area contributed by atoms with Gasteiger partial charge in [0, 0.05) is 16.9 Å². The summed E-state index contributed by atoms with van der Waals surface area (Å²) in [6.07, 6.45) is 0. The van der Waals surface area contributed by atoms with Gasteiger partial charge >= 0.3 is 0 Å². The summed E-state index contributed by atoms with van der Waals surface area (Å²) in [6, 6.07) is 22.0. The molecule has 0 aromatic heterocycles. The molecule has 0 radical (unpaired) electrons. The Morgan fingerprint density at radius 1 is 0.900 bits per heavy atom. The minimum absolute atomic E-state index is 0.222. The molecular weight excluding hydrogens is 380 g/mol. The Morgan fingerprint density at radius 2 is 1.43 bits per heavy atom. The number of ether oxygens (including phenoxy) is 1. The van der Waals surface area contributed by atoms with Crippen LogP contribution in [0, 0.1) is 11.3 Å². The van der Waals surface area contributed by atoms with E-state index in [-0.39, 0.29) is 5.91 Å². The van der Waals surface area contributed by atoms with Crippen LogP contribution in [0.5, 0.6) is 11.5 Å². The highest BCUT2D eigenvalue weighted by atomic mass is 16.5. The van der Waals surface area contributed by atoms with Gasteiger partial charge in [-0.25, -0.2) is 0 Å². The highest BCUT2D eigenvalue weighted by molar-refractivity contribution is 5.97. The van der Waals surface area contributed by atoms with Gasteiger partial charge in [0.15, 0.2) is 0 Å². The van der Waals surface area contributed by atoms with E-state index >= 15 is 0 Å². The van der Waals surface area contributed by atoms with Gasteiger partial charge in [0.1, 0.15) is 17.5 Å². The van der Waals surface area contributed by atoms with E-state index in [1.54, 1.807) is 67.6 Å². The number of primary amides is 1. The number of carbonyl (C=O) groups excluding carboxylic acids is 2. The Balaban J connectivity index is 1.55. The summed E-state index contributed by atoms with van der Waals surface area (Å²) in [7, 11) is 0. The predicted molar refractivity (Wildman–Crippen MR) is 114 cm³/mol. The van der Waals surface area contributed by atoms with Crippen molar-refractivity contribution in [3.8, 4) is 17.6 Å². The van der Waals surface area contributed by atoms with Gasteiger partial charge in [0.25, 0.3) is 0 Å². The minimum Gasteiger partial charge on any atom is -0.457 e. The number of nitrogens with zero attached hydrogens (tertiary/aromatic N) is 1. The molecule has 7 heteroatoms. The molecule has 0 heterocycles. The summed E-state index contributed by atoms with van der Waals surface area (Å²) < 4.78 is 5.74. The number of nitrogens with two attached hydrogens (primary N) is 1. The number of carbonyl (C=O) groups is 2. The first kappa shape index (κ1) is 20.4. The smallest absolute Gasteiger partial charge is 0.248 e.